The van der Waals surface area contributed by atoms with Crippen LogP contribution < -0.4 is 5.56 Å². The predicted molar refractivity (Wildman–Crippen MR) is 150 cm³/mol. The van der Waals surface area contributed by atoms with Gasteiger partial charge in [-0.15, -0.1) is 21.5 Å². The average molecular weight is 541 g/mol. The van der Waals surface area contributed by atoms with Crippen molar-refractivity contribution in [3.8, 4) is 22.5 Å². The zero-order valence-electron chi connectivity index (χ0n) is 21.7. The number of nitrogens with one attached hydrogen (secondary N) is 1. The van der Waals surface area contributed by atoms with Crippen molar-refractivity contribution in [2.75, 3.05) is 0 Å². The summed E-state index contributed by atoms with van der Waals surface area (Å²) in [6.45, 7) is 4.11. The van der Waals surface area contributed by atoms with Gasteiger partial charge in [0.1, 0.15) is 5.82 Å². The molecule has 5 rings (SSSR count). The Kier molecular flexibility index (Phi) is 7.74. The van der Waals surface area contributed by atoms with E-state index < -0.39 is 5.97 Å². The van der Waals surface area contributed by atoms with Crippen molar-refractivity contribution in [1.29, 1.82) is 0 Å². The number of carboxylic acids is 1. The number of rotatable bonds is 10. The topological polar surface area (TPSA) is 127 Å². The molecule has 0 aliphatic carbocycles. The van der Waals surface area contributed by atoms with Crippen molar-refractivity contribution in [2.24, 2.45) is 0 Å². The van der Waals surface area contributed by atoms with Crippen molar-refractivity contribution in [3.63, 3.8) is 0 Å². The van der Waals surface area contributed by atoms with E-state index in [1.165, 1.54) is 11.3 Å². The fraction of sp³-hybridized carbons (Fsp3) is 0.241. The van der Waals surface area contributed by atoms with Gasteiger partial charge in [0.25, 0.3) is 5.56 Å². The lowest BCUT2D eigenvalue weighted by Crippen LogP contribution is -2.30. The molecule has 0 atom stereocenters. The number of nitrogens with zero attached hydrogens (tertiary/aromatic N) is 5. The number of carboxylic acid groups (broad SMARTS) is 1. The smallest absolute Gasteiger partial charge is 0.336 e. The minimum Gasteiger partial charge on any atom is -0.478 e. The summed E-state index contributed by atoms with van der Waals surface area (Å²) in [5.74, 6) is 0.122. The first-order chi connectivity index (χ1) is 19.0. The molecular weight excluding hydrogens is 512 g/mol. The molecule has 0 radical (unpaired) electrons. The summed E-state index contributed by atoms with van der Waals surface area (Å²) in [5.41, 5.74) is 5.42. The van der Waals surface area contributed by atoms with E-state index in [2.05, 4.69) is 27.5 Å². The van der Waals surface area contributed by atoms with Crippen LogP contribution in [0.1, 0.15) is 57.6 Å². The number of carbonyl (C=O) groups is 1. The maximum atomic E-state index is 13.8. The molecule has 5 aromatic rings. The Labute approximate surface area is 229 Å². The van der Waals surface area contributed by atoms with E-state index in [1.807, 2.05) is 55.5 Å². The lowest BCUT2D eigenvalue weighted by molar-refractivity contribution is 0.0696. The first-order valence-electron chi connectivity index (χ1n) is 12.8. The average Bonchev–Trinajstić information content (AvgIpc) is 3.65. The minimum atomic E-state index is -0.995. The monoisotopic (exact) mass is 540 g/mol. The first-order valence-corrected chi connectivity index (χ1v) is 13.6. The first kappa shape index (κ1) is 26.2. The Bertz CT molecular complexity index is 1660. The van der Waals surface area contributed by atoms with E-state index >= 15 is 0 Å². The predicted octanol–water partition coefficient (Wildman–Crippen LogP) is 5.14. The fourth-order valence-corrected chi connectivity index (χ4v) is 5.53. The number of aryl methyl sites for hydroxylation is 2. The maximum absolute atomic E-state index is 13.8. The third-order valence-electron chi connectivity index (χ3n) is 6.74. The molecule has 0 saturated carbocycles. The number of aromatic nitrogens is 6. The summed E-state index contributed by atoms with van der Waals surface area (Å²) in [5, 5.41) is 25.7. The van der Waals surface area contributed by atoms with Crippen molar-refractivity contribution in [2.45, 2.75) is 46.1 Å². The van der Waals surface area contributed by atoms with Crippen molar-refractivity contribution in [1.82, 2.24) is 30.2 Å². The third kappa shape index (κ3) is 5.56. The van der Waals surface area contributed by atoms with E-state index in [0.717, 1.165) is 47.2 Å². The van der Waals surface area contributed by atoms with Crippen LogP contribution in [-0.4, -0.2) is 41.3 Å². The molecule has 0 spiro atoms. The molecule has 0 bridgehead atoms. The molecule has 0 fully saturated rings. The van der Waals surface area contributed by atoms with Crippen LogP contribution in [0, 0.1) is 6.92 Å². The van der Waals surface area contributed by atoms with Gasteiger partial charge in [-0.25, -0.2) is 9.78 Å². The second-order valence-electron chi connectivity index (χ2n) is 9.30. The highest BCUT2D eigenvalue weighted by Gasteiger charge is 2.19. The van der Waals surface area contributed by atoms with E-state index in [1.54, 1.807) is 16.0 Å². The van der Waals surface area contributed by atoms with Crippen LogP contribution in [0.3, 0.4) is 0 Å². The van der Waals surface area contributed by atoms with E-state index in [-0.39, 0.29) is 17.7 Å². The number of thiophene rings is 1. The van der Waals surface area contributed by atoms with Crippen LogP contribution in [-0.2, 0) is 19.4 Å². The van der Waals surface area contributed by atoms with E-state index in [0.29, 0.717) is 28.5 Å². The van der Waals surface area contributed by atoms with Gasteiger partial charge in [-0.2, -0.15) is 5.21 Å². The molecule has 2 N–H and O–H groups in total. The summed E-state index contributed by atoms with van der Waals surface area (Å²) in [4.78, 5) is 30.9. The number of aromatic amines is 1. The molecular formula is C29H28N6O3S. The molecule has 3 aromatic heterocycles. The zero-order chi connectivity index (χ0) is 27.4. The Morgan fingerprint density at radius 3 is 2.54 bits per heavy atom. The largest absolute Gasteiger partial charge is 0.478 e. The fourth-order valence-electron chi connectivity index (χ4n) is 4.68. The summed E-state index contributed by atoms with van der Waals surface area (Å²) in [6, 6.07) is 17.6. The van der Waals surface area contributed by atoms with Crippen molar-refractivity contribution < 1.29 is 9.90 Å². The van der Waals surface area contributed by atoms with Crippen LogP contribution >= 0.6 is 11.3 Å². The third-order valence-corrected chi connectivity index (χ3v) is 7.65. The number of H-pyrrole nitrogens is 1. The standard InChI is InChI=1S/C29H28N6O3S/c1-3-4-9-25-24(28(36)35(18(2)30-25)17-26-23(29(37)38)14-15-39-26)16-19-10-12-20(13-11-19)21-7-5-6-8-22(21)27-31-33-34-32-27/h5-8,10-15H,3-4,9,16-17H2,1-2H3,(H,37,38)(H,31,32,33,34). The van der Waals surface area contributed by atoms with Gasteiger partial charge in [-0.05, 0) is 53.1 Å². The number of aromatic carboxylic acids is 1. The van der Waals surface area contributed by atoms with Crippen LogP contribution in [0.25, 0.3) is 22.5 Å². The molecule has 2 aromatic carbocycles. The molecule has 3 heterocycles. The summed E-state index contributed by atoms with van der Waals surface area (Å²) < 4.78 is 1.60. The lowest BCUT2D eigenvalue weighted by Gasteiger charge is -2.16. The maximum Gasteiger partial charge on any atom is 0.336 e. The quantitative estimate of drug-likeness (QED) is 0.251. The number of tetrazole rings is 1. The highest BCUT2D eigenvalue weighted by atomic mass is 32.1. The zero-order valence-corrected chi connectivity index (χ0v) is 22.5. The highest BCUT2D eigenvalue weighted by molar-refractivity contribution is 7.10. The van der Waals surface area contributed by atoms with Gasteiger partial charge in [0.15, 0.2) is 0 Å². The van der Waals surface area contributed by atoms with Crippen molar-refractivity contribution >= 4 is 17.3 Å². The van der Waals surface area contributed by atoms with Gasteiger partial charge in [-0.1, -0.05) is 61.9 Å². The van der Waals surface area contributed by atoms with Gasteiger partial charge in [0.2, 0.25) is 5.82 Å². The number of hydrogen-bond donors (Lipinski definition) is 2. The molecule has 39 heavy (non-hydrogen) atoms. The molecule has 0 saturated heterocycles. The number of unbranched alkanes of at least 4 members (excludes halogenated alkanes) is 1. The Hall–Kier alpha value is -4.44. The highest BCUT2D eigenvalue weighted by Crippen LogP contribution is 2.30. The SMILES string of the molecule is CCCCc1nc(C)n(Cc2sccc2C(=O)O)c(=O)c1Cc1ccc(-c2ccccc2-c2nn[nH]n2)cc1. The van der Waals surface area contributed by atoms with Crippen LogP contribution in [0.2, 0.25) is 0 Å². The molecule has 0 aliphatic rings. The molecule has 0 aliphatic heterocycles. The Morgan fingerprint density at radius 2 is 1.85 bits per heavy atom. The van der Waals surface area contributed by atoms with E-state index in [9.17, 15) is 14.7 Å². The van der Waals surface area contributed by atoms with Crippen LogP contribution in [0.4, 0.5) is 0 Å². The number of hydrogen-bond acceptors (Lipinski definition) is 7. The van der Waals surface area contributed by atoms with Gasteiger partial charge in [0, 0.05) is 22.4 Å². The second-order valence-corrected chi connectivity index (χ2v) is 10.3. The molecule has 198 valence electrons. The van der Waals surface area contributed by atoms with Crippen LogP contribution in [0.5, 0.6) is 0 Å². The normalized spacial score (nSPS) is 11.1. The summed E-state index contributed by atoms with van der Waals surface area (Å²) in [6.07, 6.45) is 3.09. The van der Waals surface area contributed by atoms with Gasteiger partial charge >= 0.3 is 5.97 Å². The van der Waals surface area contributed by atoms with E-state index in [4.69, 9.17) is 4.98 Å². The number of benzene rings is 2. The van der Waals surface area contributed by atoms with Crippen molar-refractivity contribution in [3.05, 3.63) is 103 Å². The Balaban J connectivity index is 1.49. The second kappa shape index (κ2) is 11.5. The van der Waals surface area contributed by atoms with Gasteiger partial charge < -0.3 is 5.11 Å². The molecule has 9 nitrogen and oxygen atoms in total. The summed E-state index contributed by atoms with van der Waals surface area (Å²) in [7, 11) is 0. The van der Waals surface area contributed by atoms with Gasteiger partial charge in [0.05, 0.1) is 17.8 Å². The van der Waals surface area contributed by atoms with Gasteiger partial charge in [-0.3, -0.25) is 9.36 Å². The molecule has 0 unspecified atom stereocenters. The molecule has 10 heteroatoms. The summed E-state index contributed by atoms with van der Waals surface area (Å²) >= 11 is 1.33. The van der Waals surface area contributed by atoms with Crippen LogP contribution in [0.15, 0.2) is 64.8 Å². The molecule has 0 amide bonds. The lowest BCUT2D eigenvalue weighted by atomic mass is 9.96. The minimum absolute atomic E-state index is 0.120. The Morgan fingerprint density at radius 1 is 1.08 bits per heavy atom.